The number of rotatable bonds is 5. The largest absolute Gasteiger partial charge is 0.359 e. The summed E-state index contributed by atoms with van der Waals surface area (Å²) in [7, 11) is 0. The van der Waals surface area contributed by atoms with Crippen molar-refractivity contribution in [2.24, 2.45) is 17.6 Å². The predicted molar refractivity (Wildman–Crippen MR) is 60.5 cm³/mol. The number of carbonyl (C=O) groups is 1. The lowest BCUT2D eigenvalue weighted by Crippen LogP contribution is -2.37. The number of hydrogen-bond donors (Lipinski definition) is 2. The first-order valence-corrected chi connectivity index (χ1v) is 5.44. The average Bonchev–Trinajstić information content (AvgIpc) is 2.62. The normalized spacial score (nSPS) is 12.8. The Labute approximate surface area is 95.4 Å². The predicted octanol–water partition coefficient (Wildman–Crippen LogP) is 0.830. The Balaban J connectivity index is 2.45. The fourth-order valence-electron chi connectivity index (χ4n) is 1.49. The second kappa shape index (κ2) is 5.65. The fraction of sp³-hybridized carbons (Fsp3) is 0.636. The molecule has 0 spiro atoms. The molecule has 90 valence electrons. The minimum absolute atomic E-state index is 0.0356. The van der Waals surface area contributed by atoms with E-state index in [0.29, 0.717) is 18.8 Å². The molecule has 0 saturated carbocycles. The van der Waals surface area contributed by atoms with Gasteiger partial charge in [-0.15, -0.1) is 0 Å². The summed E-state index contributed by atoms with van der Waals surface area (Å²) < 4.78 is 4.99. The van der Waals surface area contributed by atoms with Crippen LogP contribution in [0.3, 0.4) is 0 Å². The maximum Gasteiger partial charge on any atom is 0.225 e. The summed E-state index contributed by atoms with van der Waals surface area (Å²) in [4.78, 5) is 11.7. The van der Waals surface area contributed by atoms with Crippen LogP contribution in [0.25, 0.3) is 0 Å². The molecule has 1 unspecified atom stereocenters. The molecule has 1 heterocycles. The molecule has 1 atom stereocenters. The third-order valence-corrected chi connectivity index (χ3v) is 2.51. The number of nitrogens with zero attached hydrogens (tertiary/aromatic N) is 1. The van der Waals surface area contributed by atoms with E-state index in [2.05, 4.69) is 10.5 Å². The minimum Gasteiger partial charge on any atom is -0.359 e. The van der Waals surface area contributed by atoms with Crippen molar-refractivity contribution in [1.82, 2.24) is 10.5 Å². The van der Waals surface area contributed by atoms with Gasteiger partial charge < -0.3 is 15.6 Å². The zero-order valence-corrected chi connectivity index (χ0v) is 9.99. The second-order valence-corrected chi connectivity index (χ2v) is 4.24. The van der Waals surface area contributed by atoms with E-state index in [1.54, 1.807) is 6.07 Å². The Morgan fingerprint density at radius 3 is 2.75 bits per heavy atom. The van der Waals surface area contributed by atoms with Crippen LogP contribution in [0.4, 0.5) is 0 Å². The highest BCUT2D eigenvalue weighted by molar-refractivity contribution is 5.79. The fourth-order valence-corrected chi connectivity index (χ4v) is 1.49. The van der Waals surface area contributed by atoms with Gasteiger partial charge >= 0.3 is 0 Å². The van der Waals surface area contributed by atoms with Crippen molar-refractivity contribution in [3.05, 3.63) is 17.5 Å². The molecule has 1 aromatic rings. The monoisotopic (exact) mass is 225 g/mol. The van der Waals surface area contributed by atoms with E-state index < -0.39 is 0 Å². The number of aryl methyl sites for hydroxylation is 1. The van der Waals surface area contributed by atoms with Crippen LogP contribution in [0.5, 0.6) is 0 Å². The van der Waals surface area contributed by atoms with Gasteiger partial charge in [-0.05, 0) is 12.8 Å². The molecule has 1 aromatic heterocycles. The molecule has 0 aliphatic carbocycles. The average molecular weight is 225 g/mol. The lowest BCUT2D eigenvalue weighted by Gasteiger charge is -2.17. The topological polar surface area (TPSA) is 81.2 Å². The molecule has 5 nitrogen and oxygen atoms in total. The van der Waals surface area contributed by atoms with Gasteiger partial charge in [0.1, 0.15) is 0 Å². The van der Waals surface area contributed by atoms with Gasteiger partial charge in [0, 0.05) is 12.6 Å². The van der Waals surface area contributed by atoms with Gasteiger partial charge in [-0.25, -0.2) is 0 Å². The molecule has 0 radical (unpaired) electrons. The molecule has 1 amide bonds. The van der Waals surface area contributed by atoms with E-state index in [1.807, 2.05) is 20.8 Å². The van der Waals surface area contributed by atoms with Gasteiger partial charge in [0.05, 0.1) is 18.2 Å². The Bertz CT molecular complexity index is 347. The highest BCUT2D eigenvalue weighted by Gasteiger charge is 2.20. The smallest absolute Gasteiger partial charge is 0.225 e. The zero-order chi connectivity index (χ0) is 12.1. The first kappa shape index (κ1) is 12.7. The van der Waals surface area contributed by atoms with Crippen molar-refractivity contribution in [1.29, 1.82) is 0 Å². The van der Waals surface area contributed by atoms with Gasteiger partial charge in [0.2, 0.25) is 5.91 Å². The molecule has 0 aliphatic rings. The van der Waals surface area contributed by atoms with Gasteiger partial charge in [0.25, 0.3) is 0 Å². The molecule has 1 rings (SSSR count). The van der Waals surface area contributed by atoms with Crippen molar-refractivity contribution in [2.45, 2.75) is 27.3 Å². The molecular weight excluding hydrogens is 206 g/mol. The Morgan fingerprint density at radius 2 is 2.31 bits per heavy atom. The minimum atomic E-state index is -0.149. The summed E-state index contributed by atoms with van der Waals surface area (Å²) in [5.41, 5.74) is 6.36. The SMILES string of the molecule is Cc1cc(CNC(=O)C(CN)C(C)C)on1. The molecule has 5 heteroatoms. The summed E-state index contributed by atoms with van der Waals surface area (Å²) in [5.74, 6) is 0.711. The van der Waals surface area contributed by atoms with Gasteiger partial charge in [0.15, 0.2) is 5.76 Å². The van der Waals surface area contributed by atoms with Crippen LogP contribution in [-0.4, -0.2) is 17.6 Å². The third-order valence-electron chi connectivity index (χ3n) is 2.51. The van der Waals surface area contributed by atoms with E-state index in [4.69, 9.17) is 10.3 Å². The first-order valence-electron chi connectivity index (χ1n) is 5.44. The Morgan fingerprint density at radius 1 is 1.62 bits per heavy atom. The summed E-state index contributed by atoms with van der Waals surface area (Å²) >= 11 is 0. The molecule has 16 heavy (non-hydrogen) atoms. The van der Waals surface area contributed by atoms with Crippen molar-refractivity contribution >= 4 is 5.91 Å². The first-order chi connectivity index (χ1) is 7.54. The summed E-state index contributed by atoms with van der Waals surface area (Å²) in [6.45, 7) is 6.53. The van der Waals surface area contributed by atoms with Crippen LogP contribution in [0, 0.1) is 18.8 Å². The van der Waals surface area contributed by atoms with Crippen molar-refractivity contribution in [3.8, 4) is 0 Å². The highest BCUT2D eigenvalue weighted by atomic mass is 16.5. The molecule has 0 aliphatic heterocycles. The number of aromatic nitrogens is 1. The number of hydrogen-bond acceptors (Lipinski definition) is 4. The second-order valence-electron chi connectivity index (χ2n) is 4.24. The maximum absolute atomic E-state index is 11.7. The van der Waals surface area contributed by atoms with E-state index in [1.165, 1.54) is 0 Å². The zero-order valence-electron chi connectivity index (χ0n) is 9.99. The molecule has 3 N–H and O–H groups in total. The Kier molecular flexibility index (Phi) is 4.49. The molecule has 0 bridgehead atoms. The lowest BCUT2D eigenvalue weighted by atomic mass is 9.95. The number of nitrogens with two attached hydrogens (primary N) is 1. The summed E-state index contributed by atoms with van der Waals surface area (Å²) in [5, 5.41) is 6.54. The van der Waals surface area contributed by atoms with Crippen LogP contribution in [-0.2, 0) is 11.3 Å². The van der Waals surface area contributed by atoms with Crippen molar-refractivity contribution in [2.75, 3.05) is 6.54 Å². The van der Waals surface area contributed by atoms with Crippen LogP contribution in [0.1, 0.15) is 25.3 Å². The third kappa shape index (κ3) is 3.34. The van der Waals surface area contributed by atoms with Gasteiger partial charge in [-0.1, -0.05) is 19.0 Å². The lowest BCUT2D eigenvalue weighted by molar-refractivity contribution is -0.126. The van der Waals surface area contributed by atoms with Crippen molar-refractivity contribution < 1.29 is 9.32 Å². The van der Waals surface area contributed by atoms with Crippen molar-refractivity contribution in [3.63, 3.8) is 0 Å². The van der Waals surface area contributed by atoms with E-state index in [0.717, 1.165) is 5.69 Å². The van der Waals surface area contributed by atoms with Gasteiger partial charge in [-0.3, -0.25) is 4.79 Å². The number of amides is 1. The molecule has 0 fully saturated rings. The maximum atomic E-state index is 11.7. The number of carbonyl (C=O) groups excluding carboxylic acids is 1. The molecule has 0 saturated heterocycles. The Hall–Kier alpha value is -1.36. The molecular formula is C11H19N3O2. The summed E-state index contributed by atoms with van der Waals surface area (Å²) in [6, 6.07) is 1.80. The number of nitrogens with one attached hydrogen (secondary N) is 1. The van der Waals surface area contributed by atoms with Crippen LogP contribution >= 0.6 is 0 Å². The summed E-state index contributed by atoms with van der Waals surface area (Å²) in [6.07, 6.45) is 0. The highest BCUT2D eigenvalue weighted by Crippen LogP contribution is 2.09. The van der Waals surface area contributed by atoms with Gasteiger partial charge in [-0.2, -0.15) is 0 Å². The molecule has 0 aromatic carbocycles. The van der Waals surface area contributed by atoms with Crippen LogP contribution in [0.2, 0.25) is 0 Å². The van der Waals surface area contributed by atoms with Crippen LogP contribution < -0.4 is 11.1 Å². The van der Waals surface area contributed by atoms with E-state index >= 15 is 0 Å². The standard InChI is InChI=1S/C11H19N3O2/c1-7(2)10(5-12)11(15)13-6-9-4-8(3)14-16-9/h4,7,10H,5-6,12H2,1-3H3,(H,13,15). The van der Waals surface area contributed by atoms with Crippen LogP contribution in [0.15, 0.2) is 10.6 Å². The van der Waals surface area contributed by atoms with E-state index in [-0.39, 0.29) is 17.7 Å². The van der Waals surface area contributed by atoms with E-state index in [9.17, 15) is 4.79 Å². The quantitative estimate of drug-likeness (QED) is 0.777.